The molecule has 1 aliphatic heterocycles. The van der Waals surface area contributed by atoms with Gasteiger partial charge in [-0.1, -0.05) is 24.3 Å². The average molecular weight is 557 g/mol. The Kier molecular flexibility index (Phi) is 6.57. The van der Waals surface area contributed by atoms with E-state index in [0.717, 1.165) is 24.0 Å². The Balaban J connectivity index is 1.20. The van der Waals surface area contributed by atoms with Crippen molar-refractivity contribution < 1.29 is 27.2 Å². The number of nitrogens with one attached hydrogen (secondary N) is 2. The molecule has 3 heterocycles. The van der Waals surface area contributed by atoms with Crippen molar-refractivity contribution in [3.8, 4) is 0 Å². The van der Waals surface area contributed by atoms with Crippen LogP contribution in [-0.2, 0) is 24.6 Å². The Morgan fingerprint density at radius 2 is 2.08 bits per heavy atom. The molecule has 1 aromatic carbocycles. The number of thiophene rings is 1. The summed E-state index contributed by atoms with van der Waals surface area (Å²) in [6, 6.07) is 9.94. The standard InChI is InChI=1S/C26H28N4O6S2/c1-27-38(33,34)36-21-10-16(9-20(21)31)30-25-18(11-28-14-29-25)23(32)22-8-15(12-37-22)24-17-4-2-3-5-19(17)26(6-7-26)13-35-24/h2-5,8,11-12,14,16,20-21,24,27,31H,6-7,9-10,13H2,1H3,(H,28,29,30)/t16-,20+,21-,24-/m1/s1. The highest BCUT2D eigenvalue weighted by atomic mass is 32.2. The van der Waals surface area contributed by atoms with Crippen LogP contribution in [0.5, 0.6) is 0 Å². The number of aromatic nitrogens is 2. The maximum absolute atomic E-state index is 13.5. The number of fused-ring (bicyclic) bond motifs is 2. The minimum Gasteiger partial charge on any atom is -0.390 e. The van der Waals surface area contributed by atoms with Crippen molar-refractivity contribution in [1.29, 1.82) is 0 Å². The van der Waals surface area contributed by atoms with Crippen LogP contribution in [0, 0.1) is 0 Å². The maximum Gasteiger partial charge on any atom is 0.335 e. The zero-order chi connectivity index (χ0) is 26.5. The fourth-order valence-electron chi connectivity index (χ4n) is 5.41. The maximum atomic E-state index is 13.5. The van der Waals surface area contributed by atoms with Gasteiger partial charge in [-0.3, -0.25) is 8.98 Å². The van der Waals surface area contributed by atoms with E-state index in [1.165, 1.54) is 36.5 Å². The molecule has 0 amide bonds. The number of ether oxygens (including phenoxy) is 1. The average Bonchev–Trinajstić information content (AvgIpc) is 3.37. The van der Waals surface area contributed by atoms with Gasteiger partial charge in [0.2, 0.25) is 5.78 Å². The molecule has 3 N–H and O–H groups in total. The van der Waals surface area contributed by atoms with Crippen molar-refractivity contribution in [1.82, 2.24) is 14.7 Å². The van der Waals surface area contributed by atoms with E-state index in [1.807, 2.05) is 17.5 Å². The lowest BCUT2D eigenvalue weighted by Gasteiger charge is -2.32. The second kappa shape index (κ2) is 9.78. The third-order valence-corrected chi connectivity index (χ3v) is 9.56. The van der Waals surface area contributed by atoms with Crippen molar-refractivity contribution in [3.05, 3.63) is 75.4 Å². The molecular weight excluding hydrogens is 528 g/mol. The van der Waals surface area contributed by atoms with Crippen LogP contribution in [-0.4, -0.2) is 61.2 Å². The summed E-state index contributed by atoms with van der Waals surface area (Å²) in [5, 5.41) is 15.5. The van der Waals surface area contributed by atoms with Gasteiger partial charge < -0.3 is 15.2 Å². The minimum atomic E-state index is -3.94. The molecule has 10 nitrogen and oxygen atoms in total. The van der Waals surface area contributed by atoms with Crippen LogP contribution >= 0.6 is 11.3 Å². The third-order valence-electron chi connectivity index (χ3n) is 7.61. The SMILES string of the molecule is CNS(=O)(=O)O[C@@H]1C[C@H](Nc2ncncc2C(=O)c2cc([C@H]3OCC4(CC4)c4ccccc43)cs2)C[C@@H]1O. The molecule has 6 rings (SSSR count). The number of aliphatic hydroxyl groups excluding tert-OH is 1. The second-order valence-electron chi connectivity index (χ2n) is 10.1. The van der Waals surface area contributed by atoms with Gasteiger partial charge in [0.15, 0.2) is 0 Å². The Hall–Kier alpha value is -2.74. The number of rotatable bonds is 8. The number of anilines is 1. The van der Waals surface area contributed by atoms with E-state index in [2.05, 4.69) is 38.2 Å². The van der Waals surface area contributed by atoms with Crippen LogP contribution in [0.25, 0.3) is 0 Å². The molecule has 0 bridgehead atoms. The molecule has 2 aliphatic carbocycles. The zero-order valence-corrected chi connectivity index (χ0v) is 22.3. The molecule has 0 unspecified atom stereocenters. The second-order valence-corrected chi connectivity index (χ2v) is 12.5. The number of carbonyl (C=O) groups excluding carboxylic acids is 1. The summed E-state index contributed by atoms with van der Waals surface area (Å²) in [5.74, 6) is 0.0976. The molecule has 1 spiro atoms. The van der Waals surface area contributed by atoms with Gasteiger partial charge in [-0.15, -0.1) is 11.3 Å². The summed E-state index contributed by atoms with van der Waals surface area (Å²) in [7, 11) is -2.70. The normalized spacial score (nSPS) is 25.7. The van der Waals surface area contributed by atoms with Crippen molar-refractivity contribution in [2.75, 3.05) is 19.0 Å². The van der Waals surface area contributed by atoms with Gasteiger partial charge >= 0.3 is 10.3 Å². The Labute approximate surface area is 224 Å². The molecule has 200 valence electrons. The molecule has 38 heavy (non-hydrogen) atoms. The number of benzene rings is 1. The topological polar surface area (TPSA) is 140 Å². The lowest BCUT2D eigenvalue weighted by atomic mass is 9.85. The summed E-state index contributed by atoms with van der Waals surface area (Å²) >= 11 is 1.35. The minimum absolute atomic E-state index is 0.152. The molecule has 0 saturated heterocycles. The number of ketones is 1. The van der Waals surface area contributed by atoms with Gasteiger partial charge in [-0.25, -0.2) is 9.97 Å². The number of hydrogen-bond donors (Lipinski definition) is 3. The van der Waals surface area contributed by atoms with Crippen molar-refractivity contribution in [3.63, 3.8) is 0 Å². The van der Waals surface area contributed by atoms with Gasteiger partial charge in [0.05, 0.1) is 23.2 Å². The van der Waals surface area contributed by atoms with Crippen LogP contribution in [0.3, 0.4) is 0 Å². The Morgan fingerprint density at radius 3 is 2.87 bits per heavy atom. The number of hydrogen-bond acceptors (Lipinski definition) is 10. The summed E-state index contributed by atoms with van der Waals surface area (Å²) in [6.07, 6.45) is 3.45. The Bertz CT molecular complexity index is 1470. The highest BCUT2D eigenvalue weighted by Crippen LogP contribution is 2.55. The first-order valence-electron chi connectivity index (χ1n) is 12.5. The van der Waals surface area contributed by atoms with E-state index in [1.54, 1.807) is 0 Å². The smallest absolute Gasteiger partial charge is 0.335 e. The third kappa shape index (κ3) is 4.76. The molecule has 12 heteroatoms. The fourth-order valence-corrected chi connectivity index (χ4v) is 6.92. The van der Waals surface area contributed by atoms with E-state index in [-0.39, 0.29) is 36.2 Å². The number of aliphatic hydroxyl groups is 1. The van der Waals surface area contributed by atoms with Gasteiger partial charge in [0, 0.05) is 24.7 Å². The first kappa shape index (κ1) is 25.5. The van der Waals surface area contributed by atoms with Crippen LogP contribution in [0.15, 0.2) is 48.2 Å². The van der Waals surface area contributed by atoms with Crippen molar-refractivity contribution in [2.45, 2.75) is 55.5 Å². The fraction of sp³-hybridized carbons (Fsp3) is 0.423. The van der Waals surface area contributed by atoms with Crippen LogP contribution in [0.1, 0.15) is 63.7 Å². The molecule has 3 aromatic rings. The van der Waals surface area contributed by atoms with Crippen LogP contribution in [0.2, 0.25) is 0 Å². The molecular formula is C26H28N4O6S2. The van der Waals surface area contributed by atoms with E-state index in [0.29, 0.717) is 22.9 Å². The predicted octanol–water partition coefficient (Wildman–Crippen LogP) is 2.70. The highest BCUT2D eigenvalue weighted by molar-refractivity contribution is 7.84. The number of carbonyl (C=O) groups is 1. The van der Waals surface area contributed by atoms with Gasteiger partial charge in [-0.2, -0.15) is 13.1 Å². The summed E-state index contributed by atoms with van der Waals surface area (Å²) in [4.78, 5) is 22.4. The van der Waals surface area contributed by atoms with Crippen molar-refractivity contribution >= 4 is 33.2 Å². The predicted molar refractivity (Wildman–Crippen MR) is 140 cm³/mol. The highest BCUT2D eigenvalue weighted by Gasteiger charge is 2.49. The quantitative estimate of drug-likeness (QED) is 0.357. The van der Waals surface area contributed by atoms with E-state index in [4.69, 9.17) is 8.92 Å². The van der Waals surface area contributed by atoms with Gasteiger partial charge in [0.1, 0.15) is 24.4 Å². The summed E-state index contributed by atoms with van der Waals surface area (Å²) in [6.45, 7) is 0.683. The van der Waals surface area contributed by atoms with Gasteiger partial charge in [-0.05, 0) is 53.8 Å². The van der Waals surface area contributed by atoms with Gasteiger partial charge in [0.25, 0.3) is 0 Å². The van der Waals surface area contributed by atoms with E-state index < -0.39 is 22.5 Å². The van der Waals surface area contributed by atoms with E-state index >= 15 is 0 Å². The first-order chi connectivity index (χ1) is 18.3. The molecule has 3 aliphatic rings. The van der Waals surface area contributed by atoms with E-state index in [9.17, 15) is 18.3 Å². The van der Waals surface area contributed by atoms with Crippen LogP contribution < -0.4 is 10.0 Å². The van der Waals surface area contributed by atoms with Crippen LogP contribution in [0.4, 0.5) is 5.82 Å². The molecule has 0 radical (unpaired) electrons. The molecule has 2 saturated carbocycles. The lowest BCUT2D eigenvalue weighted by Crippen LogP contribution is -2.31. The largest absolute Gasteiger partial charge is 0.390 e. The monoisotopic (exact) mass is 556 g/mol. The first-order valence-corrected chi connectivity index (χ1v) is 14.8. The summed E-state index contributed by atoms with van der Waals surface area (Å²) in [5.41, 5.74) is 3.90. The zero-order valence-electron chi connectivity index (χ0n) is 20.7. The van der Waals surface area contributed by atoms with Crippen molar-refractivity contribution in [2.24, 2.45) is 0 Å². The summed E-state index contributed by atoms with van der Waals surface area (Å²) < 4.78 is 36.9. The Morgan fingerprint density at radius 1 is 1.26 bits per heavy atom. The molecule has 4 atom stereocenters. The lowest BCUT2D eigenvalue weighted by molar-refractivity contribution is 0.0469. The molecule has 2 aromatic heterocycles. The number of nitrogens with zero attached hydrogens (tertiary/aromatic N) is 2. The molecule has 2 fully saturated rings.